The Morgan fingerprint density at radius 3 is 2.83 bits per heavy atom. The highest BCUT2D eigenvalue weighted by molar-refractivity contribution is 5.85. The molecule has 2 N–H and O–H groups in total. The van der Waals surface area contributed by atoms with Gasteiger partial charge in [0, 0.05) is 18.4 Å². The van der Waals surface area contributed by atoms with Crippen LogP contribution in [-0.2, 0) is 6.42 Å². The van der Waals surface area contributed by atoms with Crippen LogP contribution in [-0.4, -0.2) is 4.98 Å². The highest BCUT2D eigenvalue weighted by Crippen LogP contribution is 2.27. The van der Waals surface area contributed by atoms with Gasteiger partial charge in [-0.15, -0.1) is 24.8 Å². The lowest BCUT2D eigenvalue weighted by atomic mass is 10.1. The Balaban J connectivity index is 0.000000605. The highest BCUT2D eigenvalue weighted by atomic mass is 35.5. The summed E-state index contributed by atoms with van der Waals surface area (Å²) in [7, 11) is 0. The monoisotopic (exact) mass is 206 g/mol. The largest absolute Gasteiger partial charge is 0.324 e. The number of aryl methyl sites for hydroxylation is 1. The van der Waals surface area contributed by atoms with Crippen LogP contribution in [0.15, 0.2) is 18.5 Å². The van der Waals surface area contributed by atoms with E-state index >= 15 is 0 Å². The van der Waals surface area contributed by atoms with Crippen LogP contribution in [0.4, 0.5) is 0 Å². The first kappa shape index (κ1) is 11.7. The van der Waals surface area contributed by atoms with E-state index in [1.54, 1.807) is 0 Å². The van der Waals surface area contributed by atoms with Crippen molar-refractivity contribution in [2.75, 3.05) is 0 Å². The Morgan fingerprint density at radius 1 is 1.42 bits per heavy atom. The molecule has 0 spiro atoms. The van der Waals surface area contributed by atoms with Crippen molar-refractivity contribution < 1.29 is 0 Å². The SMILES string of the molecule is Cl.Cl.NC1CCc2ccncc21. The van der Waals surface area contributed by atoms with E-state index in [4.69, 9.17) is 5.73 Å². The lowest BCUT2D eigenvalue weighted by Crippen LogP contribution is -2.04. The van der Waals surface area contributed by atoms with Gasteiger partial charge < -0.3 is 5.73 Å². The van der Waals surface area contributed by atoms with Crippen LogP contribution in [0.25, 0.3) is 0 Å². The molecule has 0 saturated heterocycles. The smallest absolute Gasteiger partial charge is 0.0318 e. The molecule has 12 heavy (non-hydrogen) atoms. The molecule has 68 valence electrons. The molecule has 1 atom stereocenters. The Hall–Kier alpha value is -0.310. The topological polar surface area (TPSA) is 38.9 Å². The van der Waals surface area contributed by atoms with Gasteiger partial charge in [0.2, 0.25) is 0 Å². The second-order valence-corrected chi connectivity index (χ2v) is 2.72. The molecular weight excluding hydrogens is 195 g/mol. The third-order valence-corrected chi connectivity index (χ3v) is 2.07. The number of fused-ring (bicyclic) bond motifs is 1. The molecule has 4 heteroatoms. The summed E-state index contributed by atoms with van der Waals surface area (Å²) < 4.78 is 0. The zero-order valence-electron chi connectivity index (χ0n) is 6.56. The lowest BCUT2D eigenvalue weighted by Gasteiger charge is -2.00. The summed E-state index contributed by atoms with van der Waals surface area (Å²) in [6.07, 6.45) is 5.92. The Morgan fingerprint density at radius 2 is 2.17 bits per heavy atom. The first-order valence-corrected chi connectivity index (χ1v) is 3.56. The number of nitrogens with zero attached hydrogens (tertiary/aromatic N) is 1. The van der Waals surface area contributed by atoms with Crippen molar-refractivity contribution in [3.8, 4) is 0 Å². The number of rotatable bonds is 0. The minimum Gasteiger partial charge on any atom is -0.324 e. The van der Waals surface area contributed by atoms with E-state index < -0.39 is 0 Å². The highest BCUT2D eigenvalue weighted by Gasteiger charge is 2.17. The van der Waals surface area contributed by atoms with Crippen molar-refractivity contribution in [3.05, 3.63) is 29.6 Å². The first-order chi connectivity index (χ1) is 4.88. The number of aromatic nitrogens is 1. The quantitative estimate of drug-likeness (QED) is 0.705. The van der Waals surface area contributed by atoms with Crippen molar-refractivity contribution in [1.82, 2.24) is 4.98 Å². The molecule has 0 fully saturated rings. The Kier molecular flexibility index (Phi) is 4.53. The van der Waals surface area contributed by atoms with Gasteiger partial charge in [0.15, 0.2) is 0 Å². The third-order valence-electron chi connectivity index (χ3n) is 2.07. The summed E-state index contributed by atoms with van der Waals surface area (Å²) in [4.78, 5) is 4.03. The van der Waals surface area contributed by atoms with Crippen LogP contribution < -0.4 is 5.73 Å². The minimum absolute atomic E-state index is 0. The summed E-state index contributed by atoms with van der Waals surface area (Å²) in [6, 6.07) is 2.30. The number of hydrogen-bond acceptors (Lipinski definition) is 2. The average Bonchev–Trinajstić information content (AvgIpc) is 2.34. The van der Waals surface area contributed by atoms with Gasteiger partial charge in [0.25, 0.3) is 0 Å². The fraction of sp³-hybridized carbons (Fsp3) is 0.375. The number of hydrogen-bond donors (Lipinski definition) is 1. The maximum Gasteiger partial charge on any atom is 0.0318 e. The number of nitrogens with two attached hydrogens (primary N) is 1. The molecule has 0 radical (unpaired) electrons. The zero-order valence-corrected chi connectivity index (χ0v) is 8.20. The Bertz CT molecular complexity index is 253. The predicted molar refractivity (Wildman–Crippen MR) is 54.0 cm³/mol. The van der Waals surface area contributed by atoms with Crippen molar-refractivity contribution in [2.45, 2.75) is 18.9 Å². The van der Waals surface area contributed by atoms with Gasteiger partial charge in [-0.3, -0.25) is 4.98 Å². The molecule has 0 bridgehead atoms. The molecule has 0 amide bonds. The van der Waals surface area contributed by atoms with Crippen molar-refractivity contribution in [3.63, 3.8) is 0 Å². The molecule has 1 aromatic heterocycles. The molecule has 1 aliphatic carbocycles. The van der Waals surface area contributed by atoms with Gasteiger partial charge >= 0.3 is 0 Å². The fourth-order valence-corrected chi connectivity index (χ4v) is 1.46. The summed E-state index contributed by atoms with van der Waals surface area (Å²) in [5.74, 6) is 0. The molecule has 2 rings (SSSR count). The molecule has 1 heterocycles. The van der Waals surface area contributed by atoms with Crippen LogP contribution in [0.2, 0.25) is 0 Å². The van der Waals surface area contributed by atoms with E-state index in [0.29, 0.717) is 0 Å². The van der Waals surface area contributed by atoms with E-state index in [9.17, 15) is 0 Å². The van der Waals surface area contributed by atoms with E-state index in [1.165, 1.54) is 11.1 Å². The average molecular weight is 207 g/mol. The molecule has 1 aliphatic rings. The maximum absolute atomic E-state index is 5.81. The van der Waals surface area contributed by atoms with E-state index in [1.807, 2.05) is 12.4 Å². The summed E-state index contributed by atoms with van der Waals surface area (Å²) >= 11 is 0. The normalized spacial score (nSPS) is 18.9. The third kappa shape index (κ3) is 1.89. The van der Waals surface area contributed by atoms with Gasteiger partial charge in [-0.25, -0.2) is 0 Å². The summed E-state index contributed by atoms with van der Waals surface area (Å²) in [5, 5.41) is 0. The van der Waals surface area contributed by atoms with Gasteiger partial charge in [0.05, 0.1) is 0 Å². The van der Waals surface area contributed by atoms with Crippen LogP contribution in [0, 0.1) is 0 Å². The molecule has 0 saturated carbocycles. The first-order valence-electron chi connectivity index (χ1n) is 3.56. The number of halogens is 2. The fourth-order valence-electron chi connectivity index (χ4n) is 1.46. The van der Waals surface area contributed by atoms with Crippen LogP contribution >= 0.6 is 24.8 Å². The van der Waals surface area contributed by atoms with Gasteiger partial charge in [-0.05, 0) is 30.0 Å². The Labute approximate surface area is 84.4 Å². The minimum atomic E-state index is 0. The standard InChI is InChI=1S/C8H10N2.2ClH/c9-8-2-1-6-3-4-10-5-7(6)8;;/h3-5,8H,1-2,9H2;2*1H. The summed E-state index contributed by atoms with van der Waals surface area (Å²) in [5.41, 5.74) is 8.42. The maximum atomic E-state index is 5.81. The van der Waals surface area contributed by atoms with Gasteiger partial charge in [0.1, 0.15) is 0 Å². The molecule has 0 aliphatic heterocycles. The van der Waals surface area contributed by atoms with Crippen molar-refractivity contribution in [2.24, 2.45) is 5.73 Å². The predicted octanol–water partition coefficient (Wildman–Crippen LogP) is 1.87. The van der Waals surface area contributed by atoms with E-state index in [2.05, 4.69) is 11.1 Å². The van der Waals surface area contributed by atoms with E-state index in [0.717, 1.165) is 12.8 Å². The molecule has 1 aromatic rings. The lowest BCUT2D eigenvalue weighted by molar-refractivity contribution is 0.712. The van der Waals surface area contributed by atoms with Crippen molar-refractivity contribution in [1.29, 1.82) is 0 Å². The molecule has 2 nitrogen and oxygen atoms in total. The van der Waals surface area contributed by atoms with Crippen LogP contribution in [0.5, 0.6) is 0 Å². The second-order valence-electron chi connectivity index (χ2n) is 2.72. The van der Waals surface area contributed by atoms with Crippen molar-refractivity contribution >= 4 is 24.8 Å². The molecular formula is C8H12Cl2N2. The molecule has 1 unspecified atom stereocenters. The van der Waals surface area contributed by atoms with Gasteiger partial charge in [-0.2, -0.15) is 0 Å². The summed E-state index contributed by atoms with van der Waals surface area (Å²) in [6.45, 7) is 0. The zero-order chi connectivity index (χ0) is 6.97. The van der Waals surface area contributed by atoms with E-state index in [-0.39, 0.29) is 30.9 Å². The van der Waals surface area contributed by atoms with Gasteiger partial charge in [-0.1, -0.05) is 0 Å². The molecule has 0 aromatic carbocycles. The van der Waals surface area contributed by atoms with Crippen LogP contribution in [0.1, 0.15) is 23.6 Å². The second kappa shape index (κ2) is 4.65. The number of pyridine rings is 1. The van der Waals surface area contributed by atoms with Crippen LogP contribution in [0.3, 0.4) is 0 Å².